The summed E-state index contributed by atoms with van der Waals surface area (Å²) in [6, 6.07) is 15.6. The van der Waals surface area contributed by atoms with Crippen molar-refractivity contribution in [3.05, 3.63) is 82.3 Å². The van der Waals surface area contributed by atoms with Crippen LogP contribution in [0, 0.1) is 5.82 Å². The number of halogens is 1. The highest BCUT2D eigenvalue weighted by Gasteiger charge is 2.16. The monoisotopic (exact) mass is 476 g/mol. The Labute approximate surface area is 191 Å². The van der Waals surface area contributed by atoms with Gasteiger partial charge in [0.05, 0.1) is 11.5 Å². The van der Waals surface area contributed by atoms with Gasteiger partial charge in [-0.05, 0) is 72.8 Å². The van der Waals surface area contributed by atoms with Gasteiger partial charge in [0.25, 0.3) is 5.91 Å². The number of benzene rings is 2. The van der Waals surface area contributed by atoms with Gasteiger partial charge in [0.2, 0.25) is 10.0 Å². The van der Waals surface area contributed by atoms with Crippen LogP contribution in [0.25, 0.3) is 0 Å². The number of hydrogen-bond acceptors (Lipinski definition) is 5. The maximum absolute atomic E-state index is 12.9. The van der Waals surface area contributed by atoms with Gasteiger partial charge in [-0.1, -0.05) is 6.07 Å². The Kier molecular flexibility index (Phi) is 8.38. The van der Waals surface area contributed by atoms with Crippen molar-refractivity contribution in [2.45, 2.75) is 17.7 Å². The Morgan fingerprint density at radius 1 is 1.09 bits per heavy atom. The molecule has 0 aliphatic rings. The molecule has 0 aliphatic heterocycles. The molecule has 3 rings (SSSR count). The van der Waals surface area contributed by atoms with Crippen LogP contribution in [0.3, 0.4) is 0 Å². The van der Waals surface area contributed by atoms with E-state index in [2.05, 4.69) is 4.72 Å². The van der Waals surface area contributed by atoms with E-state index in [9.17, 15) is 17.6 Å². The van der Waals surface area contributed by atoms with Crippen molar-refractivity contribution in [1.29, 1.82) is 0 Å². The molecule has 1 amide bonds. The lowest BCUT2D eigenvalue weighted by Gasteiger charge is -2.17. The number of nitrogens with one attached hydrogen (secondary N) is 1. The largest absolute Gasteiger partial charge is 0.494 e. The van der Waals surface area contributed by atoms with E-state index in [-0.39, 0.29) is 16.6 Å². The number of carbonyl (C=O) groups is 1. The maximum atomic E-state index is 12.9. The normalized spacial score (nSPS) is 11.3. The van der Waals surface area contributed by atoms with Crippen molar-refractivity contribution in [2.75, 3.05) is 26.7 Å². The van der Waals surface area contributed by atoms with Gasteiger partial charge in [-0.25, -0.2) is 17.5 Å². The van der Waals surface area contributed by atoms with E-state index in [1.165, 1.54) is 36.4 Å². The molecule has 1 heterocycles. The molecule has 1 aromatic heterocycles. The summed E-state index contributed by atoms with van der Waals surface area (Å²) in [7, 11) is -1.96. The molecule has 0 fully saturated rings. The summed E-state index contributed by atoms with van der Waals surface area (Å²) in [4.78, 5) is 15.4. The summed E-state index contributed by atoms with van der Waals surface area (Å²) < 4.78 is 45.9. The molecule has 3 aromatic rings. The zero-order valence-electron chi connectivity index (χ0n) is 17.7. The van der Waals surface area contributed by atoms with Crippen molar-refractivity contribution in [3.8, 4) is 5.75 Å². The van der Waals surface area contributed by atoms with Crippen molar-refractivity contribution >= 4 is 27.3 Å². The molecule has 6 nitrogen and oxygen atoms in total. The second-order valence-corrected chi connectivity index (χ2v) is 9.93. The standard InChI is InChI=1S/C23H25FN2O4S2/c1-26(15-3-16-30-20-9-7-19(24)8-10-20)23(27)18-5-11-22(12-6-18)32(28,29)25-14-13-21-4-2-17-31-21/h2,4-12,17,25H,3,13-16H2,1H3. The van der Waals surface area contributed by atoms with Crippen molar-refractivity contribution in [1.82, 2.24) is 9.62 Å². The molecule has 170 valence electrons. The number of rotatable bonds is 11. The average molecular weight is 477 g/mol. The fraction of sp³-hybridized carbons (Fsp3) is 0.261. The van der Waals surface area contributed by atoms with Crippen LogP contribution in [0.1, 0.15) is 21.7 Å². The van der Waals surface area contributed by atoms with Crippen molar-refractivity contribution in [2.24, 2.45) is 0 Å². The SMILES string of the molecule is CN(CCCOc1ccc(F)cc1)C(=O)c1ccc(S(=O)(=O)NCCc2cccs2)cc1. The van der Waals surface area contributed by atoms with Gasteiger partial charge in [-0.2, -0.15) is 0 Å². The molecule has 0 radical (unpaired) electrons. The first-order valence-electron chi connectivity index (χ1n) is 10.1. The molecule has 0 bridgehead atoms. The molecule has 0 saturated heterocycles. The number of hydrogen-bond donors (Lipinski definition) is 1. The van der Waals surface area contributed by atoms with E-state index in [1.807, 2.05) is 17.5 Å². The minimum Gasteiger partial charge on any atom is -0.494 e. The third kappa shape index (κ3) is 6.88. The predicted octanol–water partition coefficient (Wildman–Crippen LogP) is 3.95. The van der Waals surface area contributed by atoms with E-state index in [4.69, 9.17) is 4.74 Å². The third-order valence-corrected chi connectivity index (χ3v) is 7.14. The quantitative estimate of drug-likeness (QED) is 0.425. The number of ether oxygens (including phenoxy) is 1. The summed E-state index contributed by atoms with van der Waals surface area (Å²) in [6.45, 7) is 1.16. The molecule has 0 unspecified atom stereocenters. The molecule has 0 spiro atoms. The van der Waals surface area contributed by atoms with E-state index >= 15 is 0 Å². The van der Waals surface area contributed by atoms with E-state index < -0.39 is 10.0 Å². The van der Waals surface area contributed by atoms with Gasteiger partial charge in [0.15, 0.2) is 0 Å². The fourth-order valence-corrected chi connectivity index (χ4v) is 4.71. The van der Waals surface area contributed by atoms with Crippen LogP contribution in [0.5, 0.6) is 5.75 Å². The van der Waals surface area contributed by atoms with Crippen LogP contribution in [0.15, 0.2) is 70.9 Å². The summed E-state index contributed by atoms with van der Waals surface area (Å²) in [5.74, 6) is 0.0400. The lowest BCUT2D eigenvalue weighted by atomic mass is 10.2. The molecular weight excluding hydrogens is 451 g/mol. The zero-order valence-corrected chi connectivity index (χ0v) is 19.3. The summed E-state index contributed by atoms with van der Waals surface area (Å²) in [5, 5.41) is 1.95. The number of nitrogens with zero attached hydrogens (tertiary/aromatic N) is 1. The highest BCUT2D eigenvalue weighted by molar-refractivity contribution is 7.89. The number of carbonyl (C=O) groups excluding carboxylic acids is 1. The molecular formula is C23H25FN2O4S2. The highest BCUT2D eigenvalue weighted by atomic mass is 32.2. The average Bonchev–Trinajstić information content (AvgIpc) is 3.31. The number of sulfonamides is 1. The maximum Gasteiger partial charge on any atom is 0.253 e. The number of thiophene rings is 1. The highest BCUT2D eigenvalue weighted by Crippen LogP contribution is 2.14. The molecule has 9 heteroatoms. The summed E-state index contributed by atoms with van der Waals surface area (Å²) in [6.07, 6.45) is 1.23. The third-order valence-electron chi connectivity index (χ3n) is 4.72. The molecule has 1 N–H and O–H groups in total. The van der Waals surface area contributed by atoms with Crippen molar-refractivity contribution < 1.29 is 22.3 Å². The molecule has 0 atom stereocenters. The van der Waals surface area contributed by atoms with Crippen LogP contribution in [-0.4, -0.2) is 46.0 Å². The van der Waals surface area contributed by atoms with Gasteiger partial charge in [0, 0.05) is 30.6 Å². The first kappa shape index (κ1) is 23.9. The van der Waals surface area contributed by atoms with Crippen LogP contribution in [0.4, 0.5) is 4.39 Å². The predicted molar refractivity (Wildman–Crippen MR) is 123 cm³/mol. The Bertz CT molecular complexity index is 1100. The van der Waals surface area contributed by atoms with Crippen LogP contribution >= 0.6 is 11.3 Å². The van der Waals surface area contributed by atoms with Gasteiger partial charge < -0.3 is 9.64 Å². The summed E-state index contributed by atoms with van der Waals surface area (Å²) >= 11 is 1.58. The molecule has 2 aromatic carbocycles. The Morgan fingerprint density at radius 3 is 2.47 bits per heavy atom. The Morgan fingerprint density at radius 2 is 1.81 bits per heavy atom. The number of amides is 1. The minimum atomic E-state index is -3.63. The van der Waals surface area contributed by atoms with Gasteiger partial charge >= 0.3 is 0 Å². The molecule has 0 aliphatic carbocycles. The van der Waals surface area contributed by atoms with E-state index in [0.717, 1.165) is 4.88 Å². The second-order valence-electron chi connectivity index (χ2n) is 7.13. The van der Waals surface area contributed by atoms with E-state index in [1.54, 1.807) is 35.4 Å². The second kappa shape index (κ2) is 11.2. The Hall–Kier alpha value is -2.75. The first-order chi connectivity index (χ1) is 15.3. The molecule has 0 saturated carbocycles. The van der Waals surface area contributed by atoms with Crippen LogP contribution in [-0.2, 0) is 16.4 Å². The zero-order chi connectivity index (χ0) is 23.0. The topological polar surface area (TPSA) is 75.7 Å². The minimum absolute atomic E-state index is 0.121. The Balaban J connectivity index is 1.46. The van der Waals surface area contributed by atoms with Gasteiger partial charge in [-0.15, -0.1) is 11.3 Å². The first-order valence-corrected chi connectivity index (χ1v) is 12.5. The van der Waals surface area contributed by atoms with Crippen LogP contribution < -0.4 is 9.46 Å². The van der Waals surface area contributed by atoms with Gasteiger partial charge in [0.1, 0.15) is 11.6 Å². The van der Waals surface area contributed by atoms with E-state index in [0.29, 0.717) is 43.9 Å². The fourth-order valence-electron chi connectivity index (χ4n) is 2.97. The lowest BCUT2D eigenvalue weighted by molar-refractivity contribution is 0.0787. The molecule has 32 heavy (non-hydrogen) atoms. The summed E-state index contributed by atoms with van der Waals surface area (Å²) in [5.41, 5.74) is 0.407. The van der Waals surface area contributed by atoms with Crippen molar-refractivity contribution in [3.63, 3.8) is 0 Å². The lowest BCUT2D eigenvalue weighted by Crippen LogP contribution is -2.29. The van der Waals surface area contributed by atoms with Crippen LogP contribution in [0.2, 0.25) is 0 Å². The van der Waals surface area contributed by atoms with Gasteiger partial charge in [-0.3, -0.25) is 4.79 Å². The smallest absolute Gasteiger partial charge is 0.253 e.